The van der Waals surface area contributed by atoms with E-state index in [4.69, 9.17) is 4.74 Å². The second-order valence-corrected chi connectivity index (χ2v) is 5.76. The molecule has 0 aromatic heterocycles. The molecule has 2 aromatic rings. The quantitative estimate of drug-likeness (QED) is 0.226. The van der Waals surface area contributed by atoms with Gasteiger partial charge in [0.2, 0.25) is 0 Å². The summed E-state index contributed by atoms with van der Waals surface area (Å²) in [5, 5.41) is 9.06. The van der Waals surface area contributed by atoms with Crippen LogP contribution in [-0.4, -0.2) is 45.7 Å². The van der Waals surface area contributed by atoms with Crippen molar-refractivity contribution in [1.29, 1.82) is 0 Å². The normalized spacial score (nSPS) is 10.6. The molecule has 0 spiro atoms. The Morgan fingerprint density at radius 3 is 2.46 bits per heavy atom. The first-order chi connectivity index (χ1) is 13.1. The Hall–Kier alpha value is -2.36. The number of nitrogens with zero attached hydrogens (tertiary/aromatic N) is 1. The smallest absolute Gasteiger partial charge is 0.251 e. The lowest BCUT2D eigenvalue weighted by atomic mass is 10.1. The first-order valence-electron chi connectivity index (χ1n) is 8.74. The van der Waals surface area contributed by atoms with Crippen LogP contribution in [-0.2, 0) is 6.42 Å². The van der Waals surface area contributed by atoms with Gasteiger partial charge in [0.25, 0.3) is 5.91 Å². The summed E-state index contributed by atoms with van der Waals surface area (Å²) in [7, 11) is 3.22. The summed E-state index contributed by atoms with van der Waals surface area (Å²) in [5.41, 5.74) is 1.20. The Bertz CT molecular complexity index is 786. The van der Waals surface area contributed by atoms with Crippen LogP contribution in [0.5, 0.6) is 5.75 Å². The molecule has 0 bridgehead atoms. The van der Waals surface area contributed by atoms with E-state index >= 15 is 0 Å². The van der Waals surface area contributed by atoms with E-state index in [2.05, 4.69) is 20.9 Å². The van der Waals surface area contributed by atoms with Crippen LogP contribution in [0.25, 0.3) is 0 Å². The molecule has 0 aliphatic carbocycles. The van der Waals surface area contributed by atoms with Gasteiger partial charge in [-0.2, -0.15) is 0 Å². The van der Waals surface area contributed by atoms with E-state index in [1.165, 1.54) is 6.07 Å². The largest absolute Gasteiger partial charge is 0.497 e. The van der Waals surface area contributed by atoms with Crippen molar-refractivity contribution in [3.63, 3.8) is 0 Å². The van der Waals surface area contributed by atoms with Gasteiger partial charge in [0.05, 0.1) is 7.11 Å². The number of aliphatic imine (C=N–C) groups is 1. The minimum absolute atomic E-state index is 0. The number of rotatable bonds is 8. The van der Waals surface area contributed by atoms with Crippen LogP contribution in [0.3, 0.4) is 0 Å². The molecule has 2 aromatic carbocycles. The minimum Gasteiger partial charge on any atom is -0.497 e. The molecule has 0 aliphatic rings. The summed E-state index contributed by atoms with van der Waals surface area (Å²) in [5.74, 6) is 0.864. The molecule has 28 heavy (non-hydrogen) atoms. The highest BCUT2D eigenvalue weighted by atomic mass is 127. The number of hydrogen-bond donors (Lipinski definition) is 3. The Kier molecular flexibility index (Phi) is 10.9. The van der Waals surface area contributed by atoms with Crippen LogP contribution in [0, 0.1) is 5.82 Å². The third-order valence-corrected chi connectivity index (χ3v) is 3.90. The molecule has 3 N–H and O–H groups in total. The molecule has 0 saturated heterocycles. The predicted octanol–water partition coefficient (Wildman–Crippen LogP) is 2.59. The zero-order valence-electron chi connectivity index (χ0n) is 16.0. The van der Waals surface area contributed by atoms with Crippen molar-refractivity contribution >= 4 is 35.8 Å². The lowest BCUT2D eigenvalue weighted by Crippen LogP contribution is -2.42. The van der Waals surface area contributed by atoms with E-state index in [1.807, 2.05) is 6.07 Å². The van der Waals surface area contributed by atoms with Crippen molar-refractivity contribution in [2.45, 2.75) is 6.42 Å². The van der Waals surface area contributed by atoms with E-state index in [-0.39, 0.29) is 35.7 Å². The number of benzene rings is 2. The van der Waals surface area contributed by atoms with Crippen molar-refractivity contribution in [3.8, 4) is 5.75 Å². The van der Waals surface area contributed by atoms with Crippen molar-refractivity contribution in [2.24, 2.45) is 4.99 Å². The summed E-state index contributed by atoms with van der Waals surface area (Å²) in [6, 6.07) is 13.7. The van der Waals surface area contributed by atoms with Crippen molar-refractivity contribution in [2.75, 3.05) is 33.8 Å². The molecule has 6 nitrogen and oxygen atoms in total. The molecule has 8 heteroatoms. The van der Waals surface area contributed by atoms with Gasteiger partial charge in [-0.3, -0.25) is 9.79 Å². The Labute approximate surface area is 182 Å². The summed E-state index contributed by atoms with van der Waals surface area (Å²) < 4.78 is 18.7. The molecule has 0 unspecified atom stereocenters. The van der Waals surface area contributed by atoms with E-state index in [1.54, 1.807) is 50.6 Å². The average molecular weight is 500 g/mol. The summed E-state index contributed by atoms with van der Waals surface area (Å²) >= 11 is 0. The van der Waals surface area contributed by atoms with E-state index in [0.29, 0.717) is 48.9 Å². The van der Waals surface area contributed by atoms with Gasteiger partial charge in [-0.25, -0.2) is 4.39 Å². The molecule has 0 radical (unpaired) electrons. The van der Waals surface area contributed by atoms with Crippen LogP contribution in [0.1, 0.15) is 15.9 Å². The van der Waals surface area contributed by atoms with E-state index in [0.717, 1.165) is 0 Å². The number of amides is 1. The molecule has 0 fully saturated rings. The van der Waals surface area contributed by atoms with Gasteiger partial charge in [0, 0.05) is 32.2 Å². The molecule has 0 saturated carbocycles. The van der Waals surface area contributed by atoms with Gasteiger partial charge in [-0.1, -0.05) is 24.3 Å². The fraction of sp³-hybridized carbons (Fsp3) is 0.300. The fourth-order valence-electron chi connectivity index (χ4n) is 2.46. The van der Waals surface area contributed by atoms with Gasteiger partial charge < -0.3 is 20.7 Å². The Balaban J connectivity index is 0.00000392. The minimum atomic E-state index is -0.206. The summed E-state index contributed by atoms with van der Waals surface area (Å²) in [6.45, 7) is 1.50. The third kappa shape index (κ3) is 7.71. The second kappa shape index (κ2) is 12.9. The summed E-state index contributed by atoms with van der Waals surface area (Å²) in [6.07, 6.45) is 0.556. The van der Waals surface area contributed by atoms with Crippen LogP contribution in [0.2, 0.25) is 0 Å². The first kappa shape index (κ1) is 23.7. The number of ether oxygens (including phenoxy) is 1. The van der Waals surface area contributed by atoms with Crippen LogP contribution in [0.4, 0.5) is 4.39 Å². The number of nitrogens with one attached hydrogen (secondary N) is 3. The van der Waals surface area contributed by atoms with Gasteiger partial charge in [-0.15, -0.1) is 24.0 Å². The molecular weight excluding hydrogens is 474 g/mol. The van der Waals surface area contributed by atoms with E-state index < -0.39 is 0 Å². The lowest BCUT2D eigenvalue weighted by Gasteiger charge is -2.12. The zero-order valence-corrected chi connectivity index (χ0v) is 18.3. The fourth-order valence-corrected chi connectivity index (χ4v) is 2.46. The van der Waals surface area contributed by atoms with Gasteiger partial charge >= 0.3 is 0 Å². The van der Waals surface area contributed by atoms with Crippen molar-refractivity contribution < 1.29 is 13.9 Å². The zero-order chi connectivity index (χ0) is 19.5. The molecule has 0 aliphatic heterocycles. The highest BCUT2D eigenvalue weighted by Crippen LogP contribution is 2.12. The number of carbonyl (C=O) groups excluding carboxylic acids is 1. The van der Waals surface area contributed by atoms with Crippen molar-refractivity contribution in [3.05, 3.63) is 65.5 Å². The average Bonchev–Trinajstić information content (AvgIpc) is 2.71. The van der Waals surface area contributed by atoms with Gasteiger partial charge in [-0.05, 0) is 36.2 Å². The van der Waals surface area contributed by atoms with Crippen LogP contribution in [0.15, 0.2) is 53.5 Å². The highest BCUT2D eigenvalue weighted by molar-refractivity contribution is 14.0. The molecule has 0 heterocycles. The van der Waals surface area contributed by atoms with Gasteiger partial charge in [0.15, 0.2) is 5.96 Å². The van der Waals surface area contributed by atoms with Crippen molar-refractivity contribution in [1.82, 2.24) is 16.0 Å². The molecule has 152 valence electrons. The maximum Gasteiger partial charge on any atom is 0.251 e. The number of halogens is 2. The second-order valence-electron chi connectivity index (χ2n) is 5.76. The number of methoxy groups -OCH3 is 1. The maximum atomic E-state index is 13.6. The van der Waals surface area contributed by atoms with Crippen LogP contribution < -0.4 is 20.7 Å². The van der Waals surface area contributed by atoms with E-state index in [9.17, 15) is 9.18 Å². The number of hydrogen-bond acceptors (Lipinski definition) is 3. The standard InChI is InChI=1S/C20H25FN4O2.HI/c1-22-20(24-11-10-15-6-3-4-9-18(15)21)25-13-12-23-19(26)16-7-5-8-17(14-16)27-2;/h3-9,14H,10-13H2,1-2H3,(H,23,26)(H2,22,24,25);1H. The third-order valence-electron chi connectivity index (χ3n) is 3.90. The lowest BCUT2D eigenvalue weighted by molar-refractivity contribution is 0.0954. The molecular formula is C20H26FIN4O2. The topological polar surface area (TPSA) is 74.8 Å². The van der Waals surface area contributed by atoms with Crippen LogP contribution >= 0.6 is 24.0 Å². The van der Waals surface area contributed by atoms with Gasteiger partial charge in [0.1, 0.15) is 11.6 Å². The molecule has 2 rings (SSSR count). The number of guanidine groups is 1. The monoisotopic (exact) mass is 500 g/mol. The highest BCUT2D eigenvalue weighted by Gasteiger charge is 2.06. The Morgan fingerprint density at radius 1 is 1.04 bits per heavy atom. The SMILES string of the molecule is CN=C(NCCNC(=O)c1cccc(OC)c1)NCCc1ccccc1F.I. The first-order valence-corrected chi connectivity index (χ1v) is 8.74. The molecule has 0 atom stereocenters. The molecule has 1 amide bonds. The Morgan fingerprint density at radius 2 is 1.75 bits per heavy atom. The predicted molar refractivity (Wildman–Crippen MR) is 120 cm³/mol. The number of carbonyl (C=O) groups is 1. The maximum absolute atomic E-state index is 13.6. The summed E-state index contributed by atoms with van der Waals surface area (Å²) in [4.78, 5) is 16.2.